The highest BCUT2D eigenvalue weighted by Crippen LogP contribution is 2.20. The van der Waals surface area contributed by atoms with E-state index >= 15 is 0 Å². The van der Waals surface area contributed by atoms with Crippen molar-refractivity contribution >= 4 is 17.3 Å². The molecule has 2 aromatic rings. The molecule has 2 aromatic carbocycles. The van der Waals surface area contributed by atoms with Gasteiger partial charge in [-0.2, -0.15) is 0 Å². The van der Waals surface area contributed by atoms with E-state index < -0.39 is 0 Å². The number of carbonyl (C=O) groups is 1. The Labute approximate surface area is 168 Å². The summed E-state index contributed by atoms with van der Waals surface area (Å²) in [6.07, 6.45) is 3.50. The van der Waals surface area contributed by atoms with Crippen LogP contribution in [0.2, 0.25) is 0 Å². The number of unbranched alkanes of at least 4 members (excludes halogenated alkanes) is 1. The summed E-state index contributed by atoms with van der Waals surface area (Å²) < 4.78 is 5.22. The number of benzene rings is 2. The summed E-state index contributed by atoms with van der Waals surface area (Å²) in [5, 5.41) is 3.02. The number of piperazine rings is 1. The molecule has 0 bridgehead atoms. The number of nitrogens with one attached hydrogen (secondary N) is 1. The van der Waals surface area contributed by atoms with Crippen LogP contribution in [0.3, 0.4) is 0 Å². The molecule has 1 saturated heterocycles. The smallest absolute Gasteiger partial charge is 0.238 e. The van der Waals surface area contributed by atoms with Crippen LogP contribution in [0.1, 0.15) is 25.3 Å². The molecule has 0 unspecified atom stereocenters. The topological polar surface area (TPSA) is 44.8 Å². The molecular weight excluding hydrogens is 350 g/mol. The van der Waals surface area contributed by atoms with E-state index in [1.54, 1.807) is 7.11 Å². The van der Waals surface area contributed by atoms with E-state index in [2.05, 4.69) is 46.3 Å². The number of hydrogen-bond donors (Lipinski definition) is 1. The molecule has 0 radical (unpaired) electrons. The number of carbonyl (C=O) groups excluding carboxylic acids is 1. The van der Waals surface area contributed by atoms with Crippen molar-refractivity contribution < 1.29 is 9.53 Å². The van der Waals surface area contributed by atoms with Crippen LogP contribution in [0.25, 0.3) is 0 Å². The molecule has 28 heavy (non-hydrogen) atoms. The third-order valence-corrected chi connectivity index (χ3v) is 5.23. The van der Waals surface area contributed by atoms with Crippen molar-refractivity contribution in [3.05, 3.63) is 54.1 Å². The lowest BCUT2D eigenvalue weighted by Gasteiger charge is -2.35. The van der Waals surface area contributed by atoms with Crippen molar-refractivity contribution in [3.8, 4) is 5.75 Å². The Morgan fingerprint density at radius 2 is 1.68 bits per heavy atom. The number of methoxy groups -OCH3 is 1. The molecule has 1 heterocycles. The van der Waals surface area contributed by atoms with Crippen molar-refractivity contribution in [3.63, 3.8) is 0 Å². The third kappa shape index (κ3) is 5.73. The number of ether oxygens (including phenoxy) is 1. The van der Waals surface area contributed by atoms with Gasteiger partial charge in [0.2, 0.25) is 5.91 Å². The Hall–Kier alpha value is -2.53. The minimum absolute atomic E-state index is 0.0548. The molecule has 0 aromatic heterocycles. The average molecular weight is 382 g/mol. The minimum atomic E-state index is 0.0548. The third-order valence-electron chi connectivity index (χ3n) is 5.23. The van der Waals surface area contributed by atoms with Gasteiger partial charge in [-0.3, -0.25) is 9.69 Å². The summed E-state index contributed by atoms with van der Waals surface area (Å²) >= 11 is 0. The van der Waals surface area contributed by atoms with Gasteiger partial charge in [-0.1, -0.05) is 25.5 Å². The molecule has 1 aliphatic heterocycles. The van der Waals surface area contributed by atoms with Crippen LogP contribution in [-0.4, -0.2) is 50.6 Å². The normalized spacial score (nSPS) is 14.7. The quantitative estimate of drug-likeness (QED) is 0.755. The summed E-state index contributed by atoms with van der Waals surface area (Å²) in [5.41, 5.74) is 3.41. The molecule has 5 nitrogen and oxygen atoms in total. The maximum atomic E-state index is 12.4. The van der Waals surface area contributed by atoms with Crippen molar-refractivity contribution in [1.82, 2.24) is 4.90 Å². The van der Waals surface area contributed by atoms with Gasteiger partial charge in [-0.25, -0.2) is 0 Å². The van der Waals surface area contributed by atoms with E-state index in [1.807, 2.05) is 24.3 Å². The van der Waals surface area contributed by atoms with E-state index in [0.717, 1.165) is 44.0 Å². The lowest BCUT2D eigenvalue weighted by Crippen LogP contribution is -2.48. The van der Waals surface area contributed by atoms with Crippen LogP contribution >= 0.6 is 0 Å². The predicted octanol–water partition coefficient (Wildman–Crippen LogP) is 3.80. The Kier molecular flexibility index (Phi) is 7.31. The second-order valence-corrected chi connectivity index (χ2v) is 7.31. The summed E-state index contributed by atoms with van der Waals surface area (Å²) in [5.74, 6) is 0.927. The fourth-order valence-corrected chi connectivity index (χ4v) is 3.50. The van der Waals surface area contributed by atoms with E-state index in [0.29, 0.717) is 6.54 Å². The zero-order valence-corrected chi connectivity index (χ0v) is 17.0. The van der Waals surface area contributed by atoms with E-state index in [4.69, 9.17) is 4.74 Å². The van der Waals surface area contributed by atoms with Crippen LogP contribution in [-0.2, 0) is 11.2 Å². The Balaban J connectivity index is 1.43. The Bertz CT molecular complexity index is 735. The first-order chi connectivity index (χ1) is 13.7. The van der Waals surface area contributed by atoms with Crippen molar-refractivity contribution in [2.75, 3.05) is 50.1 Å². The minimum Gasteiger partial charge on any atom is -0.497 e. The van der Waals surface area contributed by atoms with Crippen LogP contribution in [0.15, 0.2) is 48.5 Å². The van der Waals surface area contributed by atoms with Gasteiger partial charge >= 0.3 is 0 Å². The van der Waals surface area contributed by atoms with Gasteiger partial charge in [-0.05, 0) is 54.8 Å². The molecule has 0 aliphatic carbocycles. The molecule has 5 heteroatoms. The highest BCUT2D eigenvalue weighted by Gasteiger charge is 2.19. The fourth-order valence-electron chi connectivity index (χ4n) is 3.50. The van der Waals surface area contributed by atoms with Gasteiger partial charge in [0, 0.05) is 37.6 Å². The van der Waals surface area contributed by atoms with Gasteiger partial charge in [0.05, 0.1) is 13.7 Å². The first-order valence-electron chi connectivity index (χ1n) is 10.2. The molecule has 0 saturated carbocycles. The van der Waals surface area contributed by atoms with Gasteiger partial charge < -0.3 is 15.0 Å². The fraction of sp³-hybridized carbons (Fsp3) is 0.435. The molecule has 0 atom stereocenters. The van der Waals surface area contributed by atoms with Gasteiger partial charge in [-0.15, -0.1) is 0 Å². The van der Waals surface area contributed by atoms with Crippen LogP contribution < -0.4 is 15.0 Å². The summed E-state index contributed by atoms with van der Waals surface area (Å²) in [4.78, 5) is 16.9. The summed E-state index contributed by atoms with van der Waals surface area (Å²) in [7, 11) is 1.68. The lowest BCUT2D eigenvalue weighted by molar-refractivity contribution is -0.117. The first-order valence-corrected chi connectivity index (χ1v) is 10.2. The molecular formula is C23H31N3O2. The molecule has 1 amide bonds. The average Bonchev–Trinajstić information content (AvgIpc) is 2.74. The monoisotopic (exact) mass is 381 g/mol. The Morgan fingerprint density at radius 3 is 2.29 bits per heavy atom. The second kappa shape index (κ2) is 10.1. The first kappa shape index (κ1) is 20.2. The molecule has 1 aliphatic rings. The summed E-state index contributed by atoms with van der Waals surface area (Å²) in [6, 6.07) is 16.4. The summed E-state index contributed by atoms with van der Waals surface area (Å²) in [6.45, 7) is 6.25. The van der Waals surface area contributed by atoms with Gasteiger partial charge in [0.1, 0.15) is 5.75 Å². The predicted molar refractivity (Wildman–Crippen MR) is 115 cm³/mol. The number of nitrogens with zero attached hydrogens (tertiary/aromatic N) is 2. The van der Waals surface area contributed by atoms with Crippen LogP contribution in [0.4, 0.5) is 11.4 Å². The van der Waals surface area contributed by atoms with E-state index in [9.17, 15) is 4.79 Å². The zero-order valence-electron chi connectivity index (χ0n) is 17.0. The van der Waals surface area contributed by atoms with Crippen LogP contribution in [0.5, 0.6) is 5.75 Å². The van der Waals surface area contributed by atoms with Crippen molar-refractivity contribution in [1.29, 1.82) is 0 Å². The number of aryl methyl sites for hydroxylation is 1. The Morgan fingerprint density at radius 1 is 1.00 bits per heavy atom. The second-order valence-electron chi connectivity index (χ2n) is 7.31. The largest absolute Gasteiger partial charge is 0.497 e. The number of anilines is 2. The standard InChI is InChI=1S/C23H31N3O2/c1-3-4-5-19-6-8-20(9-7-19)24-23(27)18-25-14-16-26(17-15-25)21-10-12-22(28-2)13-11-21/h6-13H,3-5,14-18H2,1-2H3,(H,24,27). The van der Waals surface area contributed by atoms with Crippen molar-refractivity contribution in [2.45, 2.75) is 26.2 Å². The molecule has 150 valence electrons. The number of hydrogen-bond acceptors (Lipinski definition) is 4. The lowest BCUT2D eigenvalue weighted by atomic mass is 10.1. The van der Waals surface area contributed by atoms with Gasteiger partial charge in [0.25, 0.3) is 0 Å². The highest BCUT2D eigenvalue weighted by molar-refractivity contribution is 5.92. The van der Waals surface area contributed by atoms with Crippen molar-refractivity contribution in [2.24, 2.45) is 0 Å². The maximum Gasteiger partial charge on any atom is 0.238 e. The molecule has 3 rings (SSSR count). The van der Waals surface area contributed by atoms with E-state index in [1.165, 1.54) is 24.1 Å². The van der Waals surface area contributed by atoms with E-state index in [-0.39, 0.29) is 5.91 Å². The van der Waals surface area contributed by atoms with Crippen LogP contribution in [0, 0.1) is 0 Å². The molecule has 1 N–H and O–H groups in total. The zero-order chi connectivity index (χ0) is 19.8. The maximum absolute atomic E-state index is 12.4. The highest BCUT2D eigenvalue weighted by atomic mass is 16.5. The molecule has 0 spiro atoms. The van der Waals surface area contributed by atoms with Gasteiger partial charge in [0.15, 0.2) is 0 Å². The number of amides is 1. The SMILES string of the molecule is CCCCc1ccc(NC(=O)CN2CCN(c3ccc(OC)cc3)CC2)cc1. The number of rotatable bonds is 8. The molecule has 1 fully saturated rings.